The van der Waals surface area contributed by atoms with E-state index in [-0.39, 0.29) is 18.5 Å². The van der Waals surface area contributed by atoms with Crippen molar-refractivity contribution in [1.82, 2.24) is 14.3 Å². The molecule has 1 aliphatic rings. The highest BCUT2D eigenvalue weighted by Gasteiger charge is 2.30. The van der Waals surface area contributed by atoms with E-state index in [0.29, 0.717) is 34.4 Å². The predicted molar refractivity (Wildman–Crippen MR) is 144 cm³/mol. The number of anilines is 2. The van der Waals surface area contributed by atoms with Gasteiger partial charge in [-0.3, -0.25) is 0 Å². The summed E-state index contributed by atoms with van der Waals surface area (Å²) in [5.74, 6) is 7.00. The topological polar surface area (TPSA) is 84.4 Å². The molecule has 0 bridgehead atoms. The molecule has 0 spiro atoms. The Bertz CT molecular complexity index is 1630. The molecule has 190 valence electrons. The Morgan fingerprint density at radius 3 is 2.89 bits per heavy atom. The number of hydrogen-bond acceptors (Lipinski definition) is 7. The summed E-state index contributed by atoms with van der Waals surface area (Å²) in [5.41, 5.74) is 2.15. The number of rotatable bonds is 6. The minimum absolute atomic E-state index is 0.193. The number of thiophene rings is 1. The first-order valence-electron chi connectivity index (χ1n) is 11.4. The molecule has 1 aliphatic heterocycles. The number of halogens is 2. The van der Waals surface area contributed by atoms with Gasteiger partial charge in [0.25, 0.3) is 0 Å². The van der Waals surface area contributed by atoms with Crippen LogP contribution in [0.2, 0.25) is 5.02 Å². The van der Waals surface area contributed by atoms with Gasteiger partial charge in [0.2, 0.25) is 10.0 Å². The molecule has 7 nitrogen and oxygen atoms in total. The highest BCUT2D eigenvalue weighted by molar-refractivity contribution is 7.88. The van der Waals surface area contributed by atoms with Gasteiger partial charge in [0, 0.05) is 12.2 Å². The van der Waals surface area contributed by atoms with E-state index in [2.05, 4.69) is 27.1 Å². The van der Waals surface area contributed by atoms with Gasteiger partial charge in [-0.1, -0.05) is 35.6 Å². The molecule has 1 atom stereocenters. The van der Waals surface area contributed by atoms with Crippen molar-refractivity contribution in [3.05, 3.63) is 76.1 Å². The Morgan fingerprint density at radius 1 is 1.24 bits per heavy atom. The van der Waals surface area contributed by atoms with Crippen LogP contribution in [0.4, 0.5) is 15.9 Å². The van der Waals surface area contributed by atoms with Gasteiger partial charge in [0.05, 0.1) is 32.4 Å². The summed E-state index contributed by atoms with van der Waals surface area (Å²) in [6, 6.07) is 13.0. The Labute approximate surface area is 223 Å². The second-order valence-electron chi connectivity index (χ2n) is 8.54. The number of nitrogens with one attached hydrogen (secondary N) is 1. The minimum Gasteiger partial charge on any atom is -0.487 e. The molecule has 5 rings (SSSR count). The van der Waals surface area contributed by atoms with Crippen LogP contribution >= 0.6 is 22.9 Å². The van der Waals surface area contributed by atoms with Crippen LogP contribution in [0.25, 0.3) is 10.2 Å². The van der Waals surface area contributed by atoms with Gasteiger partial charge >= 0.3 is 0 Å². The second kappa shape index (κ2) is 10.6. The van der Waals surface area contributed by atoms with E-state index in [0.717, 1.165) is 27.9 Å². The third kappa shape index (κ3) is 6.02. The number of benzene rings is 2. The first-order valence-corrected chi connectivity index (χ1v) is 14.5. The van der Waals surface area contributed by atoms with E-state index < -0.39 is 10.0 Å². The molecule has 3 heterocycles. The summed E-state index contributed by atoms with van der Waals surface area (Å²) in [6.07, 6.45) is 4.21. The third-order valence-electron chi connectivity index (χ3n) is 5.78. The van der Waals surface area contributed by atoms with E-state index in [1.165, 1.54) is 40.4 Å². The van der Waals surface area contributed by atoms with Crippen molar-refractivity contribution in [3.63, 3.8) is 0 Å². The molecular weight excluding hydrogens is 535 g/mol. The molecule has 2 aromatic carbocycles. The lowest BCUT2D eigenvalue weighted by molar-refractivity contribution is 0.306. The summed E-state index contributed by atoms with van der Waals surface area (Å²) in [5, 5.41) is 3.67. The molecular formula is C26H22ClFN4O3S2. The van der Waals surface area contributed by atoms with Gasteiger partial charge in [0.15, 0.2) is 5.82 Å². The Balaban J connectivity index is 1.32. The maximum absolute atomic E-state index is 13.4. The zero-order chi connectivity index (χ0) is 26.0. The number of nitrogens with zero attached hydrogens (tertiary/aromatic N) is 3. The largest absolute Gasteiger partial charge is 0.487 e. The molecule has 1 fully saturated rings. The van der Waals surface area contributed by atoms with Crippen molar-refractivity contribution in [1.29, 1.82) is 0 Å². The Hall–Kier alpha value is -3.23. The van der Waals surface area contributed by atoms with Gasteiger partial charge in [-0.15, -0.1) is 11.3 Å². The van der Waals surface area contributed by atoms with Gasteiger partial charge in [-0.25, -0.2) is 22.8 Å². The zero-order valence-electron chi connectivity index (χ0n) is 19.7. The fourth-order valence-electron chi connectivity index (χ4n) is 4.06. The summed E-state index contributed by atoms with van der Waals surface area (Å²) >= 11 is 7.86. The molecule has 0 saturated carbocycles. The molecule has 4 aromatic rings. The van der Waals surface area contributed by atoms with Crippen LogP contribution in [0.1, 0.15) is 23.3 Å². The molecule has 0 unspecified atom stereocenters. The number of sulfonamides is 1. The van der Waals surface area contributed by atoms with Crippen molar-refractivity contribution in [2.45, 2.75) is 25.5 Å². The van der Waals surface area contributed by atoms with Crippen LogP contribution in [-0.2, 0) is 16.6 Å². The van der Waals surface area contributed by atoms with Crippen LogP contribution in [0.3, 0.4) is 0 Å². The zero-order valence-corrected chi connectivity index (χ0v) is 22.1. The lowest BCUT2D eigenvalue weighted by Crippen LogP contribution is -2.33. The minimum atomic E-state index is -3.28. The first kappa shape index (κ1) is 25.4. The highest BCUT2D eigenvalue weighted by atomic mass is 35.5. The lowest BCUT2D eigenvalue weighted by atomic mass is 10.2. The summed E-state index contributed by atoms with van der Waals surface area (Å²) in [4.78, 5) is 9.49. The maximum atomic E-state index is 13.4. The second-order valence-corrected chi connectivity index (χ2v) is 11.9. The average molecular weight is 557 g/mol. The molecule has 37 heavy (non-hydrogen) atoms. The smallest absolute Gasteiger partial charge is 0.212 e. The summed E-state index contributed by atoms with van der Waals surface area (Å²) in [7, 11) is -3.28. The fraction of sp³-hybridized carbons (Fsp3) is 0.231. The average Bonchev–Trinajstić information content (AvgIpc) is 3.50. The van der Waals surface area contributed by atoms with E-state index in [1.807, 2.05) is 12.1 Å². The number of fused-ring (bicyclic) bond motifs is 1. The Kier molecular flexibility index (Phi) is 7.31. The molecule has 1 N–H and O–H groups in total. The van der Waals surface area contributed by atoms with Crippen molar-refractivity contribution >= 4 is 54.7 Å². The first-order chi connectivity index (χ1) is 17.8. The number of ether oxygens (including phenoxy) is 1. The maximum Gasteiger partial charge on any atom is 0.212 e. The van der Waals surface area contributed by atoms with Gasteiger partial charge in [0.1, 0.15) is 24.5 Å². The van der Waals surface area contributed by atoms with Crippen LogP contribution in [0.15, 0.2) is 54.9 Å². The van der Waals surface area contributed by atoms with Crippen molar-refractivity contribution < 1.29 is 17.5 Å². The van der Waals surface area contributed by atoms with Crippen LogP contribution in [-0.4, -0.2) is 41.5 Å². The van der Waals surface area contributed by atoms with Crippen molar-refractivity contribution in [3.8, 4) is 17.6 Å². The van der Waals surface area contributed by atoms with E-state index in [9.17, 15) is 12.8 Å². The molecule has 0 aliphatic carbocycles. The lowest BCUT2D eigenvalue weighted by Gasteiger charge is -2.16. The van der Waals surface area contributed by atoms with Crippen LogP contribution < -0.4 is 10.1 Å². The summed E-state index contributed by atoms with van der Waals surface area (Å²) in [6.45, 7) is 0.694. The SMILES string of the molecule is CS(=O)(=O)N1CCC[C@@H]1C#Cc1cc2ncnc(Nc3ccc(OCc4cccc(F)c4)c(Cl)c3)c2s1. The van der Waals surface area contributed by atoms with Crippen molar-refractivity contribution in [2.24, 2.45) is 0 Å². The molecule has 0 radical (unpaired) electrons. The monoisotopic (exact) mass is 556 g/mol. The van der Waals surface area contributed by atoms with Crippen molar-refractivity contribution in [2.75, 3.05) is 18.1 Å². The molecule has 0 amide bonds. The molecule has 11 heteroatoms. The Morgan fingerprint density at radius 2 is 2.11 bits per heavy atom. The van der Waals surface area contributed by atoms with Crippen LogP contribution in [0, 0.1) is 17.7 Å². The van der Waals surface area contributed by atoms with E-state index >= 15 is 0 Å². The fourth-order valence-corrected chi connectivity index (χ4v) is 6.29. The standard InChI is InChI=1S/C26H22ClFN4O3S2/c1-37(33,34)32-11-3-6-20(32)8-9-21-14-23-25(36-21)26(30-16-29-23)31-19-7-10-24(22(27)13-19)35-15-17-4-2-5-18(28)12-17/h2,4-5,7,10,12-14,16,20H,3,6,11,15H2,1H3,(H,29,30,31)/t20-/m1/s1. The van der Waals surface area contributed by atoms with Gasteiger partial charge < -0.3 is 10.1 Å². The van der Waals surface area contributed by atoms with Crippen LogP contribution in [0.5, 0.6) is 5.75 Å². The van der Waals surface area contributed by atoms with E-state index in [1.54, 1.807) is 24.3 Å². The normalized spacial score (nSPS) is 15.9. The number of aromatic nitrogens is 2. The quantitative estimate of drug-likeness (QED) is 0.312. The highest BCUT2D eigenvalue weighted by Crippen LogP contribution is 2.33. The predicted octanol–water partition coefficient (Wildman–Crippen LogP) is 5.58. The molecule has 1 saturated heterocycles. The summed E-state index contributed by atoms with van der Waals surface area (Å²) < 4.78 is 45.4. The molecule has 2 aromatic heterocycles. The van der Waals surface area contributed by atoms with E-state index in [4.69, 9.17) is 16.3 Å². The van der Waals surface area contributed by atoms with Gasteiger partial charge in [-0.05, 0) is 54.8 Å². The van der Waals surface area contributed by atoms with Gasteiger partial charge in [-0.2, -0.15) is 4.31 Å². The number of hydrogen-bond donors (Lipinski definition) is 1. The third-order valence-corrected chi connectivity index (χ3v) is 8.41.